The first-order valence-electron chi connectivity index (χ1n) is 14.4. The Kier molecular flexibility index (Phi) is 7.91. The van der Waals surface area contributed by atoms with Gasteiger partial charge in [0.05, 0.1) is 37.1 Å². The second-order valence-corrected chi connectivity index (χ2v) is 10.9. The molecule has 0 aliphatic carbocycles. The minimum Gasteiger partial charge on any atom is -0.494 e. The number of methoxy groups -OCH3 is 1. The summed E-state index contributed by atoms with van der Waals surface area (Å²) in [6.07, 6.45) is 2.85. The van der Waals surface area contributed by atoms with E-state index in [2.05, 4.69) is 22.2 Å². The summed E-state index contributed by atoms with van der Waals surface area (Å²) in [7, 11) is 1.58. The molecule has 6 rings (SSSR count). The Morgan fingerprint density at radius 2 is 1.78 bits per heavy atom. The Labute approximate surface area is 258 Å². The van der Waals surface area contributed by atoms with Crippen molar-refractivity contribution in [1.29, 1.82) is 5.53 Å². The molecule has 3 N–H and O–H groups in total. The average molecular weight is 606 g/mol. The van der Waals surface area contributed by atoms with Crippen LogP contribution in [-0.2, 0) is 19.5 Å². The van der Waals surface area contributed by atoms with Crippen LogP contribution in [0.15, 0.2) is 84.1 Å². The topological polar surface area (TPSA) is 150 Å². The van der Waals surface area contributed by atoms with Crippen LogP contribution in [0.1, 0.15) is 50.9 Å². The van der Waals surface area contributed by atoms with Gasteiger partial charge in [-0.2, -0.15) is 0 Å². The number of anilines is 1. The van der Waals surface area contributed by atoms with Crippen LogP contribution in [0.2, 0.25) is 0 Å². The van der Waals surface area contributed by atoms with Gasteiger partial charge in [0.25, 0.3) is 5.91 Å². The molecule has 2 aromatic heterocycles. The van der Waals surface area contributed by atoms with Crippen molar-refractivity contribution in [3.05, 3.63) is 107 Å². The van der Waals surface area contributed by atoms with Gasteiger partial charge in [0.2, 0.25) is 11.8 Å². The van der Waals surface area contributed by atoms with E-state index in [4.69, 9.17) is 15.0 Å². The first-order chi connectivity index (χ1) is 21.8. The van der Waals surface area contributed by atoms with Crippen LogP contribution in [0.3, 0.4) is 0 Å². The molecule has 1 aliphatic rings. The number of ether oxygens (including phenoxy) is 2. The van der Waals surface area contributed by atoms with E-state index in [-0.39, 0.29) is 46.8 Å². The molecule has 5 aromatic rings. The van der Waals surface area contributed by atoms with Crippen LogP contribution >= 0.6 is 0 Å². The number of aromatic nitrogens is 2. The lowest BCUT2D eigenvalue weighted by molar-refractivity contribution is 0.0982. The zero-order chi connectivity index (χ0) is 31.7. The Balaban J connectivity index is 1.21. The maximum Gasteiger partial charge on any atom is 0.313 e. The fraction of sp³-hybridized carbons (Fsp3) is 0.206. The fourth-order valence-corrected chi connectivity index (χ4v) is 5.59. The number of aromatic hydroxyl groups is 2. The van der Waals surface area contributed by atoms with Crippen molar-refractivity contribution in [3.8, 4) is 23.3 Å². The summed E-state index contributed by atoms with van der Waals surface area (Å²) in [6, 6.07) is 22.4. The molecule has 0 saturated carbocycles. The number of fused-ring (bicyclic) bond motifs is 2. The lowest BCUT2D eigenvalue weighted by Gasteiger charge is -2.21. The minimum atomic E-state index is -0.863. The molecule has 0 bridgehead atoms. The van der Waals surface area contributed by atoms with Crippen molar-refractivity contribution >= 4 is 28.3 Å². The van der Waals surface area contributed by atoms with Crippen LogP contribution in [0.4, 0.5) is 5.69 Å². The summed E-state index contributed by atoms with van der Waals surface area (Å²) in [5.74, 6) is -0.427. The molecule has 1 aliphatic heterocycles. The van der Waals surface area contributed by atoms with Crippen molar-refractivity contribution in [2.75, 3.05) is 12.0 Å². The summed E-state index contributed by atoms with van der Waals surface area (Å²) < 4.78 is 13.1. The second kappa shape index (κ2) is 12.1. The summed E-state index contributed by atoms with van der Waals surface area (Å²) in [5.41, 5.74) is 10.7. The molecule has 1 atom stereocenters. The molecule has 0 radical (unpaired) electrons. The molecule has 45 heavy (non-hydrogen) atoms. The Morgan fingerprint density at radius 1 is 1.00 bits per heavy atom. The number of nitrogens with one attached hydrogen (secondary N) is 1. The summed E-state index contributed by atoms with van der Waals surface area (Å²) >= 11 is 0. The third kappa shape index (κ3) is 5.67. The predicted molar refractivity (Wildman–Crippen MR) is 166 cm³/mol. The molecule has 0 spiro atoms. The number of benzene rings is 3. The number of pyridine rings is 1. The molecule has 3 heterocycles. The zero-order valence-corrected chi connectivity index (χ0v) is 24.7. The van der Waals surface area contributed by atoms with Gasteiger partial charge in [-0.1, -0.05) is 42.5 Å². The molecule has 3 aromatic carbocycles. The van der Waals surface area contributed by atoms with Crippen molar-refractivity contribution in [2.45, 2.75) is 39.0 Å². The van der Waals surface area contributed by atoms with Gasteiger partial charge in [-0.3, -0.25) is 19.1 Å². The molecule has 11 nitrogen and oxygen atoms in total. The third-order valence-electron chi connectivity index (χ3n) is 8.01. The number of rotatable bonds is 10. The molecule has 1 unspecified atom stereocenters. The fourth-order valence-electron chi connectivity index (χ4n) is 5.59. The molecule has 0 saturated heterocycles. The third-order valence-corrected chi connectivity index (χ3v) is 8.01. The highest BCUT2D eigenvalue weighted by atomic mass is 16.5. The number of hydrogen-bond donors (Lipinski definition) is 3. The SMILES string of the molecule is COc1ccc(N2Cc3ccc(Cn4c(O)c5cnc(C(=O)N=N)cc5c4O)cc3C2=O)cc1OC(C)CCc1ccccc1. The number of amides is 2. The Hall–Kier alpha value is -5.71. The normalized spacial score (nSPS) is 13.1. The number of carbonyl (C=O) groups excluding carboxylic acids is 2. The minimum absolute atomic E-state index is 0.0560. The quantitative estimate of drug-likeness (QED) is 0.160. The number of carbonyl (C=O) groups is 2. The van der Waals surface area contributed by atoms with E-state index in [1.165, 1.54) is 22.4 Å². The van der Waals surface area contributed by atoms with Crippen LogP contribution < -0.4 is 14.4 Å². The van der Waals surface area contributed by atoms with E-state index in [9.17, 15) is 19.8 Å². The van der Waals surface area contributed by atoms with Gasteiger partial charge in [0, 0.05) is 23.5 Å². The standard InChI is InChI=1S/C34H31N5O6/c1-20(8-9-21-6-4-3-5-7-21)45-30-15-24(12-13-29(30)44-2)38-19-23-11-10-22(14-25(23)32(38)41)18-39-33(42)26-16-28(31(40)37-35)36-17-27(26)34(39)43/h3-7,10-17,20,35,42-43H,8-9,18-19H2,1-2H3. The van der Waals surface area contributed by atoms with E-state index >= 15 is 0 Å². The maximum atomic E-state index is 13.6. The van der Waals surface area contributed by atoms with Gasteiger partial charge >= 0.3 is 5.91 Å². The zero-order valence-electron chi connectivity index (χ0n) is 24.7. The van der Waals surface area contributed by atoms with Crippen molar-refractivity contribution in [1.82, 2.24) is 9.55 Å². The molecular formula is C34H31N5O6. The average Bonchev–Trinajstić information content (AvgIpc) is 3.52. The van der Waals surface area contributed by atoms with E-state index < -0.39 is 5.91 Å². The highest BCUT2D eigenvalue weighted by Crippen LogP contribution is 2.39. The monoisotopic (exact) mass is 605 g/mol. The van der Waals surface area contributed by atoms with Gasteiger partial charge in [-0.15, -0.1) is 5.11 Å². The highest BCUT2D eigenvalue weighted by Gasteiger charge is 2.30. The van der Waals surface area contributed by atoms with Crippen LogP contribution in [0.5, 0.6) is 23.3 Å². The summed E-state index contributed by atoms with van der Waals surface area (Å²) in [6.45, 7) is 2.44. The lowest BCUT2D eigenvalue weighted by atomic mass is 10.1. The van der Waals surface area contributed by atoms with Crippen LogP contribution in [0.25, 0.3) is 10.8 Å². The van der Waals surface area contributed by atoms with Gasteiger partial charge in [-0.05, 0) is 60.7 Å². The Bertz CT molecular complexity index is 1940. The van der Waals surface area contributed by atoms with Crippen LogP contribution in [-0.4, -0.2) is 44.8 Å². The van der Waals surface area contributed by atoms with Crippen molar-refractivity contribution in [3.63, 3.8) is 0 Å². The molecule has 11 heteroatoms. The molecular weight excluding hydrogens is 574 g/mol. The summed E-state index contributed by atoms with van der Waals surface area (Å²) in [4.78, 5) is 31.0. The predicted octanol–water partition coefficient (Wildman–Crippen LogP) is 6.24. The largest absolute Gasteiger partial charge is 0.494 e. The number of nitrogens with zero attached hydrogens (tertiary/aromatic N) is 4. The number of hydrogen-bond acceptors (Lipinski definition) is 8. The second-order valence-electron chi connectivity index (χ2n) is 10.9. The van der Waals surface area contributed by atoms with Gasteiger partial charge in [0.1, 0.15) is 5.69 Å². The highest BCUT2D eigenvalue weighted by molar-refractivity contribution is 6.10. The van der Waals surface area contributed by atoms with Gasteiger partial charge in [0.15, 0.2) is 11.5 Å². The first-order valence-corrected chi connectivity index (χ1v) is 14.4. The van der Waals surface area contributed by atoms with E-state index in [0.29, 0.717) is 34.9 Å². The molecule has 2 amide bonds. The first kappa shape index (κ1) is 29.4. The maximum absolute atomic E-state index is 13.6. The van der Waals surface area contributed by atoms with E-state index in [0.717, 1.165) is 18.4 Å². The smallest absolute Gasteiger partial charge is 0.313 e. The molecule has 0 fully saturated rings. The van der Waals surface area contributed by atoms with Crippen LogP contribution in [0, 0.1) is 5.53 Å². The summed E-state index contributed by atoms with van der Waals surface area (Å²) in [5, 5.41) is 24.9. The Morgan fingerprint density at radius 3 is 2.53 bits per heavy atom. The lowest BCUT2D eigenvalue weighted by Crippen LogP contribution is -2.23. The van der Waals surface area contributed by atoms with Gasteiger partial charge < -0.3 is 24.6 Å². The number of aryl methyl sites for hydroxylation is 1. The molecule has 228 valence electrons. The van der Waals surface area contributed by atoms with Gasteiger partial charge in [-0.25, -0.2) is 5.53 Å². The van der Waals surface area contributed by atoms with Crippen molar-refractivity contribution in [2.24, 2.45) is 5.11 Å². The van der Waals surface area contributed by atoms with E-state index in [1.54, 1.807) is 24.1 Å². The van der Waals surface area contributed by atoms with E-state index in [1.807, 2.05) is 49.4 Å². The van der Waals surface area contributed by atoms with Crippen molar-refractivity contribution < 1.29 is 29.3 Å².